The summed E-state index contributed by atoms with van der Waals surface area (Å²) in [6.07, 6.45) is 1.28. The quantitative estimate of drug-likeness (QED) is 0.202. The van der Waals surface area contributed by atoms with Crippen LogP contribution in [-0.2, 0) is 4.79 Å². The third-order valence-corrected chi connectivity index (χ3v) is 0.123. The summed E-state index contributed by atoms with van der Waals surface area (Å²) < 4.78 is 0. The second-order valence-corrected chi connectivity index (χ2v) is 0.371. The van der Waals surface area contributed by atoms with Crippen LogP contribution in [0.4, 0.5) is 0 Å². The Hall–Kier alpha value is -0.610. The average Bonchev–Trinajstić information content (AvgIpc) is 1.41. The maximum Gasteiger partial charge on any atom is 0.325 e. The van der Waals surface area contributed by atoms with E-state index in [4.69, 9.17) is 4.79 Å². The van der Waals surface area contributed by atoms with Crippen molar-refractivity contribution < 1.29 is 4.79 Å². The van der Waals surface area contributed by atoms with E-state index in [9.17, 15) is 0 Å². The van der Waals surface area contributed by atoms with Gasteiger partial charge in [0.25, 0.3) is 0 Å². The monoisotopic (exact) mass is 74.0 g/mol. The summed E-state index contributed by atoms with van der Waals surface area (Å²) in [6.45, 7) is 0. The molecule has 29 valence electrons. The fourth-order valence-corrected chi connectivity index (χ4v) is 0.0295. The summed E-state index contributed by atoms with van der Waals surface area (Å²) >= 11 is 0. The number of carbonyl (C=O) groups excluding carboxylic acids is 1. The first-order valence-electron chi connectivity index (χ1n) is 0.993. The zero-order valence-electron chi connectivity index (χ0n) is 2.49. The Labute approximate surface area is 29.3 Å². The molecule has 1 radical (unpaired) electrons. The van der Waals surface area contributed by atoms with Gasteiger partial charge in [-0.1, -0.05) is 0 Å². The van der Waals surface area contributed by atoms with Crippen LogP contribution in [0.1, 0.15) is 0 Å². The number of rotatable bonds is 2. The predicted molar refractivity (Wildman–Crippen MR) is 16.2 cm³/mol. The number of hydrazine groups is 2. The molecule has 1 amide bonds. The summed E-state index contributed by atoms with van der Waals surface area (Å²) in [5.41, 5.74) is 3.68. The van der Waals surface area contributed by atoms with Crippen molar-refractivity contribution in [3.63, 3.8) is 0 Å². The van der Waals surface area contributed by atoms with E-state index in [-0.39, 0.29) is 0 Å². The average molecular weight is 74.1 g/mol. The van der Waals surface area contributed by atoms with Crippen molar-refractivity contribution in [2.24, 2.45) is 5.84 Å². The van der Waals surface area contributed by atoms with Gasteiger partial charge in [-0.15, -0.1) is 0 Å². The Kier molecular flexibility index (Phi) is 2.98. The number of nitrogens with one attached hydrogen (secondary N) is 2. The summed E-state index contributed by atoms with van der Waals surface area (Å²) in [5.74, 6) is 4.52. The van der Waals surface area contributed by atoms with E-state index in [1.807, 2.05) is 11.0 Å². The van der Waals surface area contributed by atoms with Crippen LogP contribution in [0.2, 0.25) is 0 Å². The van der Waals surface area contributed by atoms with Crippen LogP contribution in [0.15, 0.2) is 0 Å². The second kappa shape index (κ2) is 3.39. The maximum absolute atomic E-state index is 9.03. The molecular formula is CH4N3O. The highest BCUT2D eigenvalue weighted by Gasteiger charge is 1.58. The topological polar surface area (TPSA) is 67.2 Å². The van der Waals surface area contributed by atoms with Crippen molar-refractivity contribution in [2.45, 2.75) is 0 Å². The fraction of sp³-hybridized carbons (Fsp3) is 0. The minimum Gasteiger partial charge on any atom is -0.270 e. The molecule has 0 aromatic rings. The van der Waals surface area contributed by atoms with Gasteiger partial charge in [-0.2, -0.15) is 5.53 Å². The molecule has 0 fully saturated rings. The summed E-state index contributed by atoms with van der Waals surface area (Å²) in [4.78, 5) is 9.03. The van der Waals surface area contributed by atoms with Gasteiger partial charge in [-0.25, -0.2) is 0 Å². The highest BCUT2D eigenvalue weighted by Crippen LogP contribution is 1.09. The molecule has 0 aromatic carbocycles. The van der Waals surface area contributed by atoms with Crippen LogP contribution in [0.5, 0.6) is 0 Å². The Bertz CT molecular complexity index is 28.1. The SMILES string of the molecule is NNN[C]=O. The molecule has 0 bridgehead atoms. The van der Waals surface area contributed by atoms with E-state index >= 15 is 0 Å². The Morgan fingerprint density at radius 3 is 2.40 bits per heavy atom. The van der Waals surface area contributed by atoms with Gasteiger partial charge >= 0.3 is 6.41 Å². The standard InChI is InChI=1S/CH4N3O/c2-4-3-1-5/h4H,2H2,(H,3,5). The molecule has 5 heavy (non-hydrogen) atoms. The van der Waals surface area contributed by atoms with E-state index in [1.165, 1.54) is 6.41 Å². The molecule has 4 nitrogen and oxygen atoms in total. The van der Waals surface area contributed by atoms with Gasteiger partial charge in [-0.05, 0) is 0 Å². The third kappa shape index (κ3) is 3.39. The van der Waals surface area contributed by atoms with Crippen LogP contribution < -0.4 is 16.8 Å². The van der Waals surface area contributed by atoms with Gasteiger partial charge < -0.3 is 0 Å². The van der Waals surface area contributed by atoms with E-state index in [1.54, 1.807) is 0 Å². The number of nitrogens with two attached hydrogens (primary N) is 1. The number of hydrogen-bond acceptors (Lipinski definition) is 3. The first-order chi connectivity index (χ1) is 2.41. The molecule has 0 saturated heterocycles. The van der Waals surface area contributed by atoms with E-state index in [0.29, 0.717) is 0 Å². The van der Waals surface area contributed by atoms with Gasteiger partial charge in [0.15, 0.2) is 0 Å². The lowest BCUT2D eigenvalue weighted by Crippen LogP contribution is -2.36. The van der Waals surface area contributed by atoms with Crippen LogP contribution in [-0.4, -0.2) is 6.41 Å². The maximum atomic E-state index is 9.03. The smallest absolute Gasteiger partial charge is 0.270 e. The van der Waals surface area contributed by atoms with E-state index < -0.39 is 0 Å². The van der Waals surface area contributed by atoms with Crippen LogP contribution in [0, 0.1) is 0 Å². The number of amides is 1. The molecule has 0 spiro atoms. The highest BCUT2D eigenvalue weighted by molar-refractivity contribution is 5.45. The molecule has 0 rings (SSSR count). The van der Waals surface area contributed by atoms with Crippen molar-refractivity contribution in [1.82, 2.24) is 11.0 Å². The van der Waals surface area contributed by atoms with Gasteiger partial charge in [0.1, 0.15) is 0 Å². The van der Waals surface area contributed by atoms with Gasteiger partial charge in [0, 0.05) is 0 Å². The molecule has 0 heterocycles. The second-order valence-electron chi connectivity index (χ2n) is 0.371. The predicted octanol–water partition coefficient (Wildman–Crippen LogP) is -1.98. The lowest BCUT2D eigenvalue weighted by Gasteiger charge is -1.82. The Morgan fingerprint density at radius 1 is 1.80 bits per heavy atom. The van der Waals surface area contributed by atoms with Crippen molar-refractivity contribution in [2.75, 3.05) is 0 Å². The molecule has 4 N–H and O–H groups in total. The van der Waals surface area contributed by atoms with Crippen molar-refractivity contribution in [3.05, 3.63) is 0 Å². The minimum absolute atomic E-state index is 1.28. The molecular weight excluding hydrogens is 70.0 g/mol. The van der Waals surface area contributed by atoms with E-state index in [0.717, 1.165) is 0 Å². The van der Waals surface area contributed by atoms with Gasteiger partial charge in [0.05, 0.1) is 0 Å². The molecule has 0 atom stereocenters. The van der Waals surface area contributed by atoms with Crippen LogP contribution >= 0.6 is 0 Å². The van der Waals surface area contributed by atoms with Gasteiger partial charge in [0.2, 0.25) is 0 Å². The molecule has 0 aliphatic rings. The first-order valence-corrected chi connectivity index (χ1v) is 0.993. The van der Waals surface area contributed by atoms with Crippen LogP contribution in [0.3, 0.4) is 0 Å². The minimum atomic E-state index is 1.28. The van der Waals surface area contributed by atoms with Crippen molar-refractivity contribution in [1.29, 1.82) is 0 Å². The number of hydrogen-bond donors (Lipinski definition) is 3. The largest absolute Gasteiger partial charge is 0.325 e. The normalized spacial score (nSPS) is 6.60. The first kappa shape index (κ1) is 4.39. The zero-order chi connectivity index (χ0) is 4.12. The van der Waals surface area contributed by atoms with Crippen LogP contribution in [0.25, 0.3) is 0 Å². The lowest BCUT2D eigenvalue weighted by molar-refractivity contribution is 0.525. The fourth-order valence-electron chi connectivity index (χ4n) is 0.0295. The highest BCUT2D eigenvalue weighted by atomic mass is 16.1. The molecule has 4 heteroatoms. The summed E-state index contributed by atoms with van der Waals surface area (Å²) in [5, 5.41) is 0. The lowest BCUT2D eigenvalue weighted by atomic mass is 11.4. The Morgan fingerprint density at radius 2 is 2.40 bits per heavy atom. The van der Waals surface area contributed by atoms with E-state index in [2.05, 4.69) is 5.84 Å². The van der Waals surface area contributed by atoms with Gasteiger partial charge in [-0.3, -0.25) is 16.1 Å². The van der Waals surface area contributed by atoms with Crippen molar-refractivity contribution in [3.8, 4) is 0 Å². The molecule has 0 aliphatic heterocycles. The molecule has 0 aromatic heterocycles. The summed E-state index contributed by atoms with van der Waals surface area (Å²) in [7, 11) is 0. The molecule has 0 saturated carbocycles. The van der Waals surface area contributed by atoms with Crippen molar-refractivity contribution >= 4 is 6.41 Å². The molecule has 0 unspecified atom stereocenters. The zero-order valence-corrected chi connectivity index (χ0v) is 2.49. The Balaban J connectivity index is 2.40. The molecule has 0 aliphatic carbocycles. The third-order valence-electron chi connectivity index (χ3n) is 0.123. The summed E-state index contributed by atoms with van der Waals surface area (Å²) in [6, 6.07) is 0.